The molecular formula is C26H27FN2. The molecule has 0 aliphatic heterocycles. The van der Waals surface area contributed by atoms with Gasteiger partial charge in [-0.2, -0.15) is 0 Å². The maximum Gasteiger partial charge on any atom is 0.109 e. The summed E-state index contributed by atoms with van der Waals surface area (Å²) in [6, 6.07) is 15.1. The van der Waals surface area contributed by atoms with Crippen LogP contribution in [-0.4, -0.2) is 11.2 Å². The summed E-state index contributed by atoms with van der Waals surface area (Å²) >= 11 is 0. The Morgan fingerprint density at radius 1 is 1.03 bits per heavy atom. The molecule has 1 N–H and O–H groups in total. The second-order valence-corrected chi connectivity index (χ2v) is 8.81. The molecule has 3 aromatic rings. The summed E-state index contributed by atoms with van der Waals surface area (Å²) in [5.74, 6) is 0.950. The maximum absolute atomic E-state index is 14.9. The van der Waals surface area contributed by atoms with Gasteiger partial charge in [-0.25, -0.2) is 4.39 Å². The van der Waals surface area contributed by atoms with E-state index >= 15 is 0 Å². The smallest absolute Gasteiger partial charge is 0.109 e. The molecule has 1 heterocycles. The average Bonchev–Trinajstić information content (AvgIpc) is 2.75. The summed E-state index contributed by atoms with van der Waals surface area (Å²) in [5, 5.41) is 5.98. The fourth-order valence-corrected chi connectivity index (χ4v) is 5.43. The molecule has 0 saturated heterocycles. The maximum atomic E-state index is 14.9. The third-order valence-electron chi connectivity index (χ3n) is 6.87. The Morgan fingerprint density at radius 3 is 2.69 bits per heavy atom. The van der Waals surface area contributed by atoms with Crippen LogP contribution in [0.3, 0.4) is 0 Å². The van der Waals surface area contributed by atoms with Crippen LogP contribution < -0.4 is 5.32 Å². The van der Waals surface area contributed by atoms with E-state index in [9.17, 15) is 4.39 Å². The third-order valence-corrected chi connectivity index (χ3v) is 6.87. The summed E-state index contributed by atoms with van der Waals surface area (Å²) in [7, 11) is 0. The van der Waals surface area contributed by atoms with E-state index in [0.717, 1.165) is 18.7 Å². The predicted molar refractivity (Wildman–Crippen MR) is 119 cm³/mol. The number of hydrogen-bond acceptors (Lipinski definition) is 2. The summed E-state index contributed by atoms with van der Waals surface area (Å²) in [5.41, 5.74) is 4.92. The van der Waals surface area contributed by atoms with Crippen LogP contribution >= 0.6 is 0 Å². The Kier molecular flexibility index (Phi) is 4.61. The van der Waals surface area contributed by atoms with Crippen LogP contribution in [0.4, 0.5) is 10.1 Å². The van der Waals surface area contributed by atoms with E-state index in [4.69, 9.17) is 0 Å². The van der Waals surface area contributed by atoms with Crippen LogP contribution in [0, 0.1) is 17.8 Å². The fraction of sp³-hybridized carbons (Fsp3) is 0.346. The number of halogens is 1. The van der Waals surface area contributed by atoms with Crippen molar-refractivity contribution < 1.29 is 4.39 Å². The quantitative estimate of drug-likeness (QED) is 0.549. The summed E-state index contributed by atoms with van der Waals surface area (Å²) < 4.78 is 14.9. The van der Waals surface area contributed by atoms with Gasteiger partial charge in [0.15, 0.2) is 0 Å². The van der Waals surface area contributed by atoms with Gasteiger partial charge in [-0.3, -0.25) is 4.98 Å². The van der Waals surface area contributed by atoms with Gasteiger partial charge < -0.3 is 5.32 Å². The van der Waals surface area contributed by atoms with Gasteiger partial charge in [0.25, 0.3) is 0 Å². The molecule has 2 aliphatic carbocycles. The number of pyridine rings is 1. The zero-order chi connectivity index (χ0) is 20.0. The average molecular weight is 387 g/mol. The van der Waals surface area contributed by atoms with Gasteiger partial charge in [0, 0.05) is 30.5 Å². The molecule has 2 aromatic carbocycles. The summed E-state index contributed by atoms with van der Waals surface area (Å²) in [6.07, 6.45) is 8.16. The van der Waals surface area contributed by atoms with Gasteiger partial charge in [-0.1, -0.05) is 44.2 Å². The Labute approximate surface area is 171 Å². The van der Waals surface area contributed by atoms with Crippen molar-refractivity contribution in [2.75, 3.05) is 5.32 Å². The van der Waals surface area contributed by atoms with Crippen LogP contribution in [-0.2, 0) is 6.54 Å². The highest BCUT2D eigenvalue weighted by atomic mass is 19.1. The van der Waals surface area contributed by atoms with E-state index < -0.39 is 6.17 Å². The number of hydrogen-bond donors (Lipinski definition) is 1. The van der Waals surface area contributed by atoms with Crippen LogP contribution in [0.1, 0.15) is 42.9 Å². The molecule has 2 aliphatic rings. The third kappa shape index (κ3) is 3.23. The second kappa shape index (κ2) is 7.29. The van der Waals surface area contributed by atoms with Crippen molar-refractivity contribution in [1.29, 1.82) is 0 Å². The first kappa shape index (κ1) is 18.4. The first-order valence-corrected chi connectivity index (χ1v) is 10.6. The van der Waals surface area contributed by atoms with E-state index in [1.807, 2.05) is 24.5 Å². The number of allylic oxidation sites excluding steroid dienone is 1. The topological polar surface area (TPSA) is 24.9 Å². The first-order valence-electron chi connectivity index (χ1n) is 10.6. The lowest BCUT2D eigenvalue weighted by atomic mass is 9.62. The monoisotopic (exact) mass is 386 g/mol. The minimum absolute atomic E-state index is 0.0139. The number of fused-ring (bicyclic) bond motifs is 5. The zero-order valence-corrected chi connectivity index (χ0v) is 17.0. The molecule has 1 fully saturated rings. The molecule has 5 atom stereocenters. The largest absolute Gasteiger partial charge is 0.381 e. The van der Waals surface area contributed by atoms with Crippen molar-refractivity contribution in [3.05, 3.63) is 77.6 Å². The number of nitrogens with zero attached hydrogens (tertiary/aromatic N) is 1. The minimum Gasteiger partial charge on any atom is -0.381 e. The molecule has 0 radical (unpaired) electrons. The number of aromatic nitrogens is 1. The number of anilines is 1. The van der Waals surface area contributed by atoms with Crippen molar-refractivity contribution in [3.63, 3.8) is 0 Å². The number of benzene rings is 2. The van der Waals surface area contributed by atoms with Gasteiger partial charge >= 0.3 is 0 Å². The Bertz CT molecular complexity index is 1060. The Balaban J connectivity index is 1.47. The molecule has 2 nitrogen and oxygen atoms in total. The van der Waals surface area contributed by atoms with E-state index in [2.05, 4.69) is 66.6 Å². The van der Waals surface area contributed by atoms with Crippen LogP contribution in [0.5, 0.6) is 0 Å². The minimum atomic E-state index is -0.740. The van der Waals surface area contributed by atoms with Crippen molar-refractivity contribution in [3.8, 4) is 0 Å². The molecule has 1 aromatic heterocycles. The predicted octanol–water partition coefficient (Wildman–Crippen LogP) is 6.59. The molecule has 0 bridgehead atoms. The van der Waals surface area contributed by atoms with Gasteiger partial charge in [-0.15, -0.1) is 0 Å². The van der Waals surface area contributed by atoms with Gasteiger partial charge in [-0.05, 0) is 75.9 Å². The molecule has 1 saturated carbocycles. The lowest BCUT2D eigenvalue weighted by molar-refractivity contribution is 0.0824. The van der Waals surface area contributed by atoms with E-state index in [-0.39, 0.29) is 17.8 Å². The van der Waals surface area contributed by atoms with E-state index in [1.54, 1.807) is 0 Å². The standard InChI is InChI=1S/C26H27FN2/c1-16-13-17(2)26(27)24-8-7-22-21-6-4-20(29-15-18-9-11-28-12-10-18)14-19(21)3-5-23(22)25(16)24/h3-12,14,16-17,24-26,29H,13,15H2,1-2H3. The molecule has 5 rings (SSSR count). The van der Waals surface area contributed by atoms with Crippen molar-refractivity contribution >= 4 is 22.5 Å². The van der Waals surface area contributed by atoms with Gasteiger partial charge in [0.1, 0.15) is 6.17 Å². The van der Waals surface area contributed by atoms with Crippen molar-refractivity contribution in [2.45, 2.75) is 38.9 Å². The second-order valence-electron chi connectivity index (χ2n) is 8.81. The van der Waals surface area contributed by atoms with Crippen molar-refractivity contribution in [2.24, 2.45) is 17.8 Å². The molecule has 5 unspecified atom stereocenters. The molecule has 148 valence electrons. The van der Waals surface area contributed by atoms with Crippen LogP contribution in [0.15, 0.2) is 60.9 Å². The molecule has 0 spiro atoms. The molecular weight excluding hydrogens is 359 g/mol. The first-order chi connectivity index (χ1) is 14.1. The van der Waals surface area contributed by atoms with Crippen LogP contribution in [0.2, 0.25) is 0 Å². The molecule has 3 heteroatoms. The lowest BCUT2D eigenvalue weighted by Gasteiger charge is -2.43. The zero-order valence-electron chi connectivity index (χ0n) is 17.0. The Morgan fingerprint density at radius 2 is 1.86 bits per heavy atom. The highest BCUT2D eigenvalue weighted by Gasteiger charge is 2.43. The fourth-order valence-electron chi connectivity index (χ4n) is 5.43. The Hall–Kier alpha value is -2.68. The summed E-state index contributed by atoms with van der Waals surface area (Å²) in [6.45, 7) is 5.12. The molecule has 29 heavy (non-hydrogen) atoms. The highest BCUT2D eigenvalue weighted by Crippen LogP contribution is 2.50. The molecule has 0 amide bonds. The van der Waals surface area contributed by atoms with Gasteiger partial charge in [0.2, 0.25) is 0 Å². The van der Waals surface area contributed by atoms with E-state index in [1.165, 1.54) is 27.5 Å². The highest BCUT2D eigenvalue weighted by molar-refractivity contribution is 5.94. The SMILES string of the molecule is CC1CC(C)C2c3ccc4cc(NCc5ccncc5)ccc4c3C=CC2C1F. The van der Waals surface area contributed by atoms with Crippen LogP contribution in [0.25, 0.3) is 16.8 Å². The number of alkyl halides is 1. The van der Waals surface area contributed by atoms with Crippen molar-refractivity contribution in [1.82, 2.24) is 4.98 Å². The summed E-state index contributed by atoms with van der Waals surface area (Å²) in [4.78, 5) is 4.07. The number of rotatable bonds is 3. The lowest BCUT2D eigenvalue weighted by Crippen LogP contribution is -2.38. The normalized spacial score (nSPS) is 28.0. The van der Waals surface area contributed by atoms with E-state index in [0.29, 0.717) is 5.92 Å². The number of nitrogens with one attached hydrogen (secondary N) is 1. The van der Waals surface area contributed by atoms with Gasteiger partial charge in [0.05, 0.1) is 0 Å².